The number of H-pyrrole nitrogens is 1. The minimum absolute atomic E-state index is 0.0725. The van der Waals surface area contributed by atoms with Crippen molar-refractivity contribution in [3.63, 3.8) is 0 Å². The van der Waals surface area contributed by atoms with E-state index in [1.54, 1.807) is 0 Å². The molecule has 0 amide bonds. The van der Waals surface area contributed by atoms with Gasteiger partial charge in [-0.2, -0.15) is 0 Å². The molecule has 20 heavy (non-hydrogen) atoms. The Balaban J connectivity index is 2.85. The van der Waals surface area contributed by atoms with E-state index in [2.05, 4.69) is 15.2 Å². The van der Waals surface area contributed by atoms with Gasteiger partial charge < -0.3 is 20.3 Å². The van der Waals surface area contributed by atoms with Crippen LogP contribution in [-0.4, -0.2) is 48.4 Å². The molecule has 0 fully saturated rings. The van der Waals surface area contributed by atoms with Crippen molar-refractivity contribution in [3.05, 3.63) is 35.2 Å². The van der Waals surface area contributed by atoms with Crippen LogP contribution in [0.25, 0.3) is 11.4 Å². The highest BCUT2D eigenvalue weighted by atomic mass is 16.4. The Morgan fingerprint density at radius 1 is 0.950 bits per heavy atom. The first kappa shape index (κ1) is 13.2. The van der Waals surface area contributed by atoms with Crippen LogP contribution in [0.2, 0.25) is 0 Å². The quantitative estimate of drug-likeness (QED) is 0.632. The second-order valence-corrected chi connectivity index (χ2v) is 3.70. The van der Waals surface area contributed by atoms with Gasteiger partial charge in [0.05, 0.1) is 16.7 Å². The molecule has 4 N–H and O–H groups in total. The first-order chi connectivity index (χ1) is 9.41. The number of benzene rings is 1. The first-order valence-corrected chi connectivity index (χ1v) is 5.16. The van der Waals surface area contributed by atoms with Crippen molar-refractivity contribution in [2.24, 2.45) is 0 Å². The van der Waals surface area contributed by atoms with Gasteiger partial charge in [-0.3, -0.25) is 0 Å². The molecule has 0 saturated carbocycles. The predicted molar refractivity (Wildman–Crippen MR) is 62.7 cm³/mol. The van der Waals surface area contributed by atoms with E-state index in [-0.39, 0.29) is 11.4 Å². The van der Waals surface area contributed by atoms with E-state index in [0.717, 1.165) is 18.5 Å². The highest BCUT2D eigenvalue weighted by molar-refractivity contribution is 6.06. The number of hydrogen-bond acceptors (Lipinski definition) is 5. The van der Waals surface area contributed by atoms with Crippen molar-refractivity contribution < 1.29 is 29.7 Å². The Hall–Kier alpha value is -3.23. The van der Waals surface area contributed by atoms with Crippen molar-refractivity contribution in [3.8, 4) is 11.4 Å². The summed E-state index contributed by atoms with van der Waals surface area (Å²) in [6, 6.07) is 1.74. The molecule has 0 saturated heterocycles. The third-order valence-corrected chi connectivity index (χ3v) is 2.50. The summed E-state index contributed by atoms with van der Waals surface area (Å²) in [5, 5.41) is 34.2. The lowest BCUT2D eigenvalue weighted by Crippen LogP contribution is -2.11. The molecule has 1 aromatic carbocycles. The fourth-order valence-corrected chi connectivity index (χ4v) is 1.69. The van der Waals surface area contributed by atoms with Gasteiger partial charge in [0.1, 0.15) is 6.33 Å². The Kier molecular flexibility index (Phi) is 3.17. The molecule has 0 atom stereocenters. The van der Waals surface area contributed by atoms with E-state index in [1.165, 1.54) is 0 Å². The van der Waals surface area contributed by atoms with E-state index in [4.69, 9.17) is 15.3 Å². The van der Waals surface area contributed by atoms with E-state index < -0.39 is 34.6 Å². The number of aromatic nitrogens is 3. The van der Waals surface area contributed by atoms with E-state index in [0.29, 0.717) is 0 Å². The van der Waals surface area contributed by atoms with Gasteiger partial charge >= 0.3 is 17.9 Å². The molecular formula is C11H7N3O6. The van der Waals surface area contributed by atoms with Crippen molar-refractivity contribution in [1.29, 1.82) is 0 Å². The van der Waals surface area contributed by atoms with Crippen LogP contribution in [0.1, 0.15) is 31.1 Å². The summed E-state index contributed by atoms with van der Waals surface area (Å²) in [6.07, 6.45) is 1.15. The van der Waals surface area contributed by atoms with E-state index in [1.807, 2.05) is 0 Å². The molecule has 0 spiro atoms. The number of carboxylic acids is 3. The molecule has 102 valence electrons. The van der Waals surface area contributed by atoms with Crippen molar-refractivity contribution in [1.82, 2.24) is 15.2 Å². The van der Waals surface area contributed by atoms with Gasteiger partial charge in [-0.25, -0.2) is 14.4 Å². The van der Waals surface area contributed by atoms with E-state index in [9.17, 15) is 14.4 Å². The summed E-state index contributed by atoms with van der Waals surface area (Å²) in [5.74, 6) is -4.44. The largest absolute Gasteiger partial charge is 0.478 e. The maximum absolute atomic E-state index is 11.2. The summed E-state index contributed by atoms with van der Waals surface area (Å²) in [5.41, 5.74) is -1.64. The highest BCUT2D eigenvalue weighted by Gasteiger charge is 2.25. The molecule has 0 bridgehead atoms. The molecule has 2 aromatic rings. The zero-order valence-corrected chi connectivity index (χ0v) is 9.69. The van der Waals surface area contributed by atoms with Crippen molar-refractivity contribution >= 4 is 17.9 Å². The zero-order chi connectivity index (χ0) is 14.9. The number of carboxylic acid groups (broad SMARTS) is 3. The smallest absolute Gasteiger partial charge is 0.336 e. The van der Waals surface area contributed by atoms with Crippen LogP contribution in [0, 0.1) is 0 Å². The van der Waals surface area contributed by atoms with E-state index >= 15 is 0 Å². The topological polar surface area (TPSA) is 153 Å². The molecule has 0 radical (unpaired) electrons. The number of aromatic amines is 1. The number of aromatic carboxylic acids is 3. The van der Waals surface area contributed by atoms with Crippen LogP contribution in [0.3, 0.4) is 0 Å². The van der Waals surface area contributed by atoms with Crippen LogP contribution >= 0.6 is 0 Å². The first-order valence-electron chi connectivity index (χ1n) is 5.16. The lowest BCUT2D eigenvalue weighted by Gasteiger charge is -2.08. The van der Waals surface area contributed by atoms with Gasteiger partial charge in [-0.15, -0.1) is 10.2 Å². The lowest BCUT2D eigenvalue weighted by molar-refractivity contribution is 0.0696. The molecule has 9 nitrogen and oxygen atoms in total. The number of carbonyl (C=O) groups is 3. The fourth-order valence-electron chi connectivity index (χ4n) is 1.69. The number of hydrogen-bond donors (Lipinski definition) is 4. The van der Waals surface area contributed by atoms with Gasteiger partial charge in [-0.05, 0) is 12.1 Å². The van der Waals surface area contributed by atoms with Gasteiger partial charge in [0.15, 0.2) is 5.82 Å². The zero-order valence-electron chi connectivity index (χ0n) is 9.69. The van der Waals surface area contributed by atoms with Crippen molar-refractivity contribution in [2.45, 2.75) is 0 Å². The fraction of sp³-hybridized carbons (Fsp3) is 0. The predicted octanol–water partition coefficient (Wildman–Crippen LogP) is 0.566. The van der Waals surface area contributed by atoms with Gasteiger partial charge in [0, 0.05) is 5.56 Å². The third-order valence-electron chi connectivity index (χ3n) is 2.50. The number of rotatable bonds is 4. The molecule has 0 aliphatic heterocycles. The molecule has 1 aromatic heterocycles. The van der Waals surface area contributed by atoms with Gasteiger partial charge in [0.25, 0.3) is 0 Å². The van der Waals surface area contributed by atoms with Gasteiger partial charge in [0.2, 0.25) is 0 Å². The average molecular weight is 277 g/mol. The van der Waals surface area contributed by atoms with Crippen LogP contribution in [0.5, 0.6) is 0 Å². The molecular weight excluding hydrogens is 270 g/mol. The van der Waals surface area contributed by atoms with Crippen LogP contribution < -0.4 is 0 Å². The average Bonchev–Trinajstić information content (AvgIpc) is 2.90. The summed E-state index contributed by atoms with van der Waals surface area (Å²) < 4.78 is 0. The second-order valence-electron chi connectivity index (χ2n) is 3.70. The lowest BCUT2D eigenvalue weighted by atomic mass is 9.96. The highest BCUT2D eigenvalue weighted by Crippen LogP contribution is 2.27. The normalized spacial score (nSPS) is 10.2. The number of nitrogens with zero attached hydrogens (tertiary/aromatic N) is 2. The summed E-state index contributed by atoms with van der Waals surface area (Å²) in [6.45, 7) is 0. The molecule has 0 aliphatic rings. The van der Waals surface area contributed by atoms with Crippen molar-refractivity contribution in [2.75, 3.05) is 0 Å². The molecule has 0 aliphatic carbocycles. The molecule has 9 heteroatoms. The second kappa shape index (κ2) is 4.80. The van der Waals surface area contributed by atoms with Crippen LogP contribution in [0.15, 0.2) is 18.5 Å². The summed E-state index contributed by atoms with van der Waals surface area (Å²) >= 11 is 0. The van der Waals surface area contributed by atoms with Gasteiger partial charge in [-0.1, -0.05) is 0 Å². The number of nitrogens with one attached hydrogen (secondary N) is 1. The minimum Gasteiger partial charge on any atom is -0.478 e. The minimum atomic E-state index is -1.47. The summed E-state index contributed by atoms with van der Waals surface area (Å²) in [4.78, 5) is 35.9. The van der Waals surface area contributed by atoms with Crippen LogP contribution in [0.4, 0.5) is 0 Å². The molecule has 0 unspecified atom stereocenters. The Bertz CT molecular complexity index is 672. The standard InChI is InChI=1S/C11H7N3O6/c15-9(16)4-1-5(10(17)18)7(6(2-4)11(19)20)8-12-3-13-14-8/h1-3H,(H,15,16)(H,17,18)(H,19,20)(H,12,13,14). The molecule has 1 heterocycles. The Morgan fingerprint density at radius 2 is 1.50 bits per heavy atom. The maximum Gasteiger partial charge on any atom is 0.336 e. The Morgan fingerprint density at radius 3 is 1.85 bits per heavy atom. The SMILES string of the molecule is O=C(O)c1cc(C(=O)O)c(-c2nnc[nH]2)c(C(=O)O)c1. The van der Waals surface area contributed by atoms with Crippen LogP contribution in [-0.2, 0) is 0 Å². The Labute approximate surface area is 110 Å². The monoisotopic (exact) mass is 277 g/mol. The summed E-state index contributed by atoms with van der Waals surface area (Å²) in [7, 11) is 0. The maximum atomic E-state index is 11.2. The third kappa shape index (κ3) is 2.19. The molecule has 2 rings (SSSR count).